The van der Waals surface area contributed by atoms with Crippen molar-refractivity contribution in [2.24, 2.45) is 5.11 Å². The second-order valence-corrected chi connectivity index (χ2v) is 1.24. The van der Waals surface area contributed by atoms with Gasteiger partial charge in [-0.1, -0.05) is 11.7 Å². The summed E-state index contributed by atoms with van der Waals surface area (Å²) < 4.78 is 0. The van der Waals surface area contributed by atoms with E-state index in [1.54, 1.807) is 7.05 Å². The predicted octanol–water partition coefficient (Wildman–Crippen LogP) is 1.03. The molecule has 0 aliphatic rings. The molecule has 0 atom stereocenters. The highest BCUT2D eigenvalue weighted by molar-refractivity contribution is 4.91. The summed E-state index contributed by atoms with van der Waals surface area (Å²) in [5.74, 6) is 0. The van der Waals surface area contributed by atoms with Crippen LogP contribution < -0.4 is 5.32 Å². The monoisotopic (exact) mass is 112 g/mol. The van der Waals surface area contributed by atoms with E-state index in [1.807, 2.05) is 0 Å². The van der Waals surface area contributed by atoms with Gasteiger partial charge < -0.3 is 5.32 Å². The number of nitrogens with zero attached hydrogens (tertiary/aromatic N) is 3. The first-order valence-electron chi connectivity index (χ1n) is 2.17. The molecule has 0 radical (unpaired) electrons. The molecule has 0 aromatic rings. The molecule has 0 fully saturated rings. The van der Waals surface area contributed by atoms with Gasteiger partial charge in [0.1, 0.15) is 0 Å². The van der Waals surface area contributed by atoms with Crippen LogP contribution in [0, 0.1) is 0 Å². The maximum atomic E-state index is 7.80. The molecule has 0 aromatic heterocycles. The Morgan fingerprint density at radius 3 is 3.00 bits per heavy atom. The van der Waals surface area contributed by atoms with Crippen molar-refractivity contribution in [2.75, 3.05) is 13.6 Å². The third kappa shape index (κ3) is 3.06. The van der Waals surface area contributed by atoms with Gasteiger partial charge in [-0.25, -0.2) is 0 Å². The summed E-state index contributed by atoms with van der Waals surface area (Å²) in [7, 11) is 1.73. The van der Waals surface area contributed by atoms with Crippen molar-refractivity contribution in [2.45, 2.75) is 0 Å². The first kappa shape index (κ1) is 6.85. The molecular formula is C4H8N4. The Balaban J connectivity index is 3.39. The number of hydrogen-bond acceptors (Lipinski definition) is 2. The van der Waals surface area contributed by atoms with Gasteiger partial charge in [-0.15, -0.1) is 0 Å². The Morgan fingerprint density at radius 1 is 2.00 bits per heavy atom. The highest BCUT2D eigenvalue weighted by Crippen LogP contribution is 1.81. The fraction of sp³-hybridized carbons (Fsp3) is 0.500. The molecule has 0 bridgehead atoms. The molecule has 0 aliphatic carbocycles. The van der Waals surface area contributed by atoms with E-state index in [0.29, 0.717) is 6.54 Å². The first-order chi connectivity index (χ1) is 3.81. The standard InChI is InChI=1S/C4H8N4/c1-4(6-2)3-7-8-5/h6H,1,3H2,2H3. The molecule has 4 heteroatoms. The smallest absolute Gasteiger partial charge is 0.0652 e. The SMILES string of the molecule is C=C(CN=[N+]=[N-])NC. The molecule has 8 heavy (non-hydrogen) atoms. The van der Waals surface area contributed by atoms with Crippen molar-refractivity contribution in [3.05, 3.63) is 22.7 Å². The van der Waals surface area contributed by atoms with Gasteiger partial charge in [0.25, 0.3) is 0 Å². The van der Waals surface area contributed by atoms with Crippen LogP contribution in [0.25, 0.3) is 10.4 Å². The Kier molecular flexibility index (Phi) is 3.44. The minimum Gasteiger partial charge on any atom is -0.392 e. The number of hydrogen-bond donors (Lipinski definition) is 1. The molecule has 0 saturated heterocycles. The molecule has 0 rings (SSSR count). The molecule has 0 amide bonds. The van der Waals surface area contributed by atoms with Crippen molar-refractivity contribution < 1.29 is 0 Å². The molecule has 4 nitrogen and oxygen atoms in total. The number of azide groups is 1. The van der Waals surface area contributed by atoms with Crippen molar-refractivity contribution in [1.82, 2.24) is 5.32 Å². The zero-order valence-corrected chi connectivity index (χ0v) is 4.76. The normalized spacial score (nSPS) is 7.12. The van der Waals surface area contributed by atoms with Crippen molar-refractivity contribution in [3.63, 3.8) is 0 Å². The van der Waals surface area contributed by atoms with Crippen LogP contribution >= 0.6 is 0 Å². The topological polar surface area (TPSA) is 60.8 Å². The van der Waals surface area contributed by atoms with Crippen LogP contribution in [0.2, 0.25) is 0 Å². The molecule has 0 spiro atoms. The molecule has 0 saturated carbocycles. The number of rotatable bonds is 3. The van der Waals surface area contributed by atoms with E-state index < -0.39 is 0 Å². The van der Waals surface area contributed by atoms with E-state index in [-0.39, 0.29) is 0 Å². The van der Waals surface area contributed by atoms with Gasteiger partial charge >= 0.3 is 0 Å². The fourth-order valence-electron chi connectivity index (χ4n) is 0.196. The highest BCUT2D eigenvalue weighted by Gasteiger charge is 1.80. The fourth-order valence-corrected chi connectivity index (χ4v) is 0.196. The maximum absolute atomic E-state index is 7.80. The summed E-state index contributed by atoms with van der Waals surface area (Å²) in [5, 5.41) is 6.00. The molecule has 0 aromatic carbocycles. The largest absolute Gasteiger partial charge is 0.392 e. The molecular weight excluding hydrogens is 104 g/mol. The summed E-state index contributed by atoms with van der Waals surface area (Å²) in [4.78, 5) is 2.55. The van der Waals surface area contributed by atoms with Gasteiger partial charge in [0, 0.05) is 17.7 Å². The van der Waals surface area contributed by atoms with Crippen molar-refractivity contribution >= 4 is 0 Å². The van der Waals surface area contributed by atoms with E-state index in [4.69, 9.17) is 5.53 Å². The average molecular weight is 112 g/mol. The third-order valence-corrected chi connectivity index (χ3v) is 0.678. The zero-order chi connectivity index (χ0) is 6.41. The van der Waals surface area contributed by atoms with Gasteiger partial charge in [0.2, 0.25) is 0 Å². The summed E-state index contributed by atoms with van der Waals surface area (Å²) in [6, 6.07) is 0. The molecule has 1 N–H and O–H groups in total. The summed E-state index contributed by atoms with van der Waals surface area (Å²) in [6.07, 6.45) is 0. The lowest BCUT2D eigenvalue weighted by Gasteiger charge is -1.95. The lowest BCUT2D eigenvalue weighted by atomic mass is 10.5. The summed E-state index contributed by atoms with van der Waals surface area (Å²) in [5.41, 5.74) is 8.52. The van der Waals surface area contributed by atoms with Gasteiger partial charge in [-0.05, 0) is 5.53 Å². The summed E-state index contributed by atoms with van der Waals surface area (Å²) >= 11 is 0. The second kappa shape index (κ2) is 4.02. The highest BCUT2D eigenvalue weighted by atomic mass is 15.1. The molecule has 0 aliphatic heterocycles. The van der Waals surface area contributed by atoms with E-state index in [2.05, 4.69) is 21.9 Å². The second-order valence-electron chi connectivity index (χ2n) is 1.24. The van der Waals surface area contributed by atoms with Crippen LogP contribution in [0.5, 0.6) is 0 Å². The van der Waals surface area contributed by atoms with Crippen molar-refractivity contribution in [1.29, 1.82) is 0 Å². The van der Waals surface area contributed by atoms with Crippen LogP contribution in [-0.2, 0) is 0 Å². The minimum absolute atomic E-state index is 0.326. The molecule has 0 unspecified atom stereocenters. The molecule has 0 heterocycles. The van der Waals surface area contributed by atoms with Crippen LogP contribution in [0.15, 0.2) is 17.4 Å². The Hall–Kier alpha value is -1.15. The lowest BCUT2D eigenvalue weighted by Crippen LogP contribution is -2.05. The quantitative estimate of drug-likeness (QED) is 0.331. The van der Waals surface area contributed by atoms with Gasteiger partial charge in [0.05, 0.1) is 6.54 Å². The van der Waals surface area contributed by atoms with Crippen LogP contribution in [0.4, 0.5) is 0 Å². The minimum atomic E-state index is 0.326. The van der Waals surface area contributed by atoms with E-state index >= 15 is 0 Å². The lowest BCUT2D eigenvalue weighted by molar-refractivity contribution is 0.928. The third-order valence-electron chi connectivity index (χ3n) is 0.678. The number of nitrogens with one attached hydrogen (secondary N) is 1. The predicted molar refractivity (Wildman–Crippen MR) is 32.2 cm³/mol. The van der Waals surface area contributed by atoms with Gasteiger partial charge in [0.15, 0.2) is 0 Å². The Labute approximate surface area is 47.8 Å². The Bertz CT molecular complexity index is 122. The number of likely N-dealkylation sites (N-methyl/N-ethyl adjacent to an activating group) is 1. The van der Waals surface area contributed by atoms with Gasteiger partial charge in [-0.3, -0.25) is 0 Å². The van der Waals surface area contributed by atoms with Crippen LogP contribution in [0.1, 0.15) is 0 Å². The van der Waals surface area contributed by atoms with Crippen LogP contribution in [0.3, 0.4) is 0 Å². The van der Waals surface area contributed by atoms with E-state index in [9.17, 15) is 0 Å². The molecule has 44 valence electrons. The van der Waals surface area contributed by atoms with Crippen LogP contribution in [-0.4, -0.2) is 13.6 Å². The first-order valence-corrected chi connectivity index (χ1v) is 2.17. The van der Waals surface area contributed by atoms with Crippen molar-refractivity contribution in [3.8, 4) is 0 Å². The maximum Gasteiger partial charge on any atom is 0.0652 e. The van der Waals surface area contributed by atoms with Gasteiger partial charge in [-0.2, -0.15) is 0 Å². The zero-order valence-electron chi connectivity index (χ0n) is 4.76. The average Bonchev–Trinajstić information content (AvgIpc) is 1.83. The summed E-state index contributed by atoms with van der Waals surface area (Å²) in [6.45, 7) is 3.86. The van der Waals surface area contributed by atoms with E-state index in [0.717, 1.165) is 5.70 Å². The Morgan fingerprint density at radius 2 is 2.62 bits per heavy atom. The van der Waals surface area contributed by atoms with E-state index in [1.165, 1.54) is 0 Å².